The first kappa shape index (κ1) is 13.4. The number of halogens is 1. The van der Waals surface area contributed by atoms with E-state index in [0.717, 1.165) is 0 Å². The fourth-order valence-electron chi connectivity index (χ4n) is 2.10. The van der Waals surface area contributed by atoms with Gasteiger partial charge in [-0.05, 0) is 78.8 Å². The van der Waals surface area contributed by atoms with E-state index in [1.165, 1.54) is 25.9 Å². The number of anilines is 1. The maximum absolute atomic E-state index is 3.55. The molecular formula is C16H18IN. The lowest BCUT2D eigenvalue weighted by atomic mass is 10.00. The molecule has 0 aliphatic carbocycles. The van der Waals surface area contributed by atoms with Crippen LogP contribution in [0.1, 0.15) is 29.7 Å². The molecule has 0 saturated carbocycles. The van der Waals surface area contributed by atoms with Gasteiger partial charge >= 0.3 is 0 Å². The normalized spacial score (nSPS) is 12.2. The SMILES string of the molecule is Cc1ccc(C)c(C(C)Nc2ccc(I)cc2)c1. The van der Waals surface area contributed by atoms with Gasteiger partial charge < -0.3 is 5.32 Å². The van der Waals surface area contributed by atoms with Gasteiger partial charge in [0.25, 0.3) is 0 Å². The summed E-state index contributed by atoms with van der Waals surface area (Å²) in [6, 6.07) is 15.4. The fraction of sp³-hybridized carbons (Fsp3) is 0.250. The molecule has 0 amide bonds. The van der Waals surface area contributed by atoms with Gasteiger partial charge in [-0.15, -0.1) is 0 Å². The zero-order chi connectivity index (χ0) is 13.1. The molecule has 0 aromatic heterocycles. The molecular weight excluding hydrogens is 333 g/mol. The Morgan fingerprint density at radius 2 is 1.67 bits per heavy atom. The van der Waals surface area contributed by atoms with Crippen LogP contribution in [-0.2, 0) is 0 Å². The molecule has 0 spiro atoms. The number of hydrogen-bond donors (Lipinski definition) is 1. The van der Waals surface area contributed by atoms with Gasteiger partial charge in [-0.2, -0.15) is 0 Å². The van der Waals surface area contributed by atoms with Crippen molar-refractivity contribution in [2.75, 3.05) is 5.32 Å². The van der Waals surface area contributed by atoms with Crippen molar-refractivity contribution in [2.45, 2.75) is 26.8 Å². The largest absolute Gasteiger partial charge is 0.379 e. The quantitative estimate of drug-likeness (QED) is 0.761. The summed E-state index contributed by atoms with van der Waals surface area (Å²) in [6.45, 7) is 6.52. The molecule has 0 aliphatic rings. The summed E-state index contributed by atoms with van der Waals surface area (Å²) in [5, 5.41) is 3.55. The van der Waals surface area contributed by atoms with E-state index in [0.29, 0.717) is 6.04 Å². The van der Waals surface area contributed by atoms with Crippen molar-refractivity contribution in [2.24, 2.45) is 0 Å². The molecule has 2 aromatic rings. The minimum Gasteiger partial charge on any atom is -0.379 e. The molecule has 2 rings (SSSR count). The fourth-order valence-corrected chi connectivity index (χ4v) is 2.46. The average molecular weight is 351 g/mol. The Bertz CT molecular complexity index is 531. The molecule has 0 bridgehead atoms. The summed E-state index contributed by atoms with van der Waals surface area (Å²) >= 11 is 2.32. The van der Waals surface area contributed by atoms with Crippen molar-refractivity contribution in [3.63, 3.8) is 0 Å². The van der Waals surface area contributed by atoms with E-state index in [-0.39, 0.29) is 0 Å². The van der Waals surface area contributed by atoms with Crippen LogP contribution in [0.5, 0.6) is 0 Å². The maximum Gasteiger partial charge on any atom is 0.0488 e. The lowest BCUT2D eigenvalue weighted by Crippen LogP contribution is -2.08. The van der Waals surface area contributed by atoms with E-state index < -0.39 is 0 Å². The van der Waals surface area contributed by atoms with Gasteiger partial charge in [0.1, 0.15) is 0 Å². The summed E-state index contributed by atoms with van der Waals surface area (Å²) < 4.78 is 1.26. The van der Waals surface area contributed by atoms with Gasteiger partial charge in [0, 0.05) is 15.3 Å². The molecule has 18 heavy (non-hydrogen) atoms. The molecule has 2 aromatic carbocycles. The second-order valence-corrected chi connectivity index (χ2v) is 5.98. The van der Waals surface area contributed by atoms with Gasteiger partial charge in [-0.25, -0.2) is 0 Å². The molecule has 0 fully saturated rings. The van der Waals surface area contributed by atoms with Crippen molar-refractivity contribution in [1.82, 2.24) is 0 Å². The highest BCUT2D eigenvalue weighted by Gasteiger charge is 2.08. The predicted molar refractivity (Wildman–Crippen MR) is 87.1 cm³/mol. The molecule has 0 aliphatic heterocycles. The van der Waals surface area contributed by atoms with E-state index >= 15 is 0 Å². The van der Waals surface area contributed by atoms with E-state index in [2.05, 4.69) is 91.1 Å². The van der Waals surface area contributed by atoms with Crippen LogP contribution >= 0.6 is 22.6 Å². The second-order valence-electron chi connectivity index (χ2n) is 4.73. The molecule has 1 nitrogen and oxygen atoms in total. The zero-order valence-corrected chi connectivity index (χ0v) is 13.2. The topological polar surface area (TPSA) is 12.0 Å². The Kier molecular flexibility index (Phi) is 4.27. The highest BCUT2D eigenvalue weighted by molar-refractivity contribution is 14.1. The van der Waals surface area contributed by atoms with Crippen LogP contribution in [0.2, 0.25) is 0 Å². The first-order valence-electron chi connectivity index (χ1n) is 6.15. The van der Waals surface area contributed by atoms with Gasteiger partial charge in [0.2, 0.25) is 0 Å². The summed E-state index contributed by atoms with van der Waals surface area (Å²) in [4.78, 5) is 0. The first-order chi connectivity index (χ1) is 8.56. The first-order valence-corrected chi connectivity index (χ1v) is 7.23. The average Bonchev–Trinajstić information content (AvgIpc) is 2.35. The summed E-state index contributed by atoms with van der Waals surface area (Å²) in [6.07, 6.45) is 0. The van der Waals surface area contributed by atoms with Crippen molar-refractivity contribution in [3.8, 4) is 0 Å². The molecule has 1 N–H and O–H groups in total. The van der Waals surface area contributed by atoms with E-state index in [1.54, 1.807) is 0 Å². The molecule has 1 unspecified atom stereocenters. The Morgan fingerprint density at radius 3 is 2.33 bits per heavy atom. The zero-order valence-electron chi connectivity index (χ0n) is 11.0. The monoisotopic (exact) mass is 351 g/mol. The van der Waals surface area contributed by atoms with E-state index in [9.17, 15) is 0 Å². The standard InChI is InChI=1S/C16H18IN/c1-11-4-5-12(2)16(10-11)13(3)18-15-8-6-14(17)7-9-15/h4-10,13,18H,1-3H3. The van der Waals surface area contributed by atoms with Crippen LogP contribution in [0.3, 0.4) is 0 Å². The third-order valence-corrected chi connectivity index (χ3v) is 3.85. The maximum atomic E-state index is 3.55. The molecule has 0 heterocycles. The van der Waals surface area contributed by atoms with Gasteiger partial charge in [-0.1, -0.05) is 23.8 Å². The van der Waals surface area contributed by atoms with Crippen LogP contribution in [0.15, 0.2) is 42.5 Å². The molecule has 1 atom stereocenters. The second kappa shape index (κ2) is 5.74. The Balaban J connectivity index is 2.18. The van der Waals surface area contributed by atoms with Crippen molar-refractivity contribution in [1.29, 1.82) is 0 Å². The highest BCUT2D eigenvalue weighted by atomic mass is 127. The third-order valence-electron chi connectivity index (χ3n) is 3.13. The van der Waals surface area contributed by atoms with E-state index in [1.807, 2.05) is 0 Å². The molecule has 0 saturated heterocycles. The minimum absolute atomic E-state index is 0.324. The van der Waals surface area contributed by atoms with Crippen molar-refractivity contribution < 1.29 is 0 Å². The lowest BCUT2D eigenvalue weighted by Gasteiger charge is -2.18. The number of nitrogens with one attached hydrogen (secondary N) is 1. The predicted octanol–water partition coefficient (Wildman–Crippen LogP) is 5.08. The number of aryl methyl sites for hydroxylation is 2. The smallest absolute Gasteiger partial charge is 0.0488 e. The highest BCUT2D eigenvalue weighted by Crippen LogP contribution is 2.23. The Labute approximate surface area is 123 Å². The summed E-state index contributed by atoms with van der Waals surface area (Å²) in [7, 11) is 0. The van der Waals surface area contributed by atoms with Gasteiger partial charge in [0.15, 0.2) is 0 Å². The summed E-state index contributed by atoms with van der Waals surface area (Å²) in [5.74, 6) is 0. The minimum atomic E-state index is 0.324. The Hall–Kier alpha value is -1.03. The van der Waals surface area contributed by atoms with Crippen LogP contribution in [0, 0.1) is 17.4 Å². The number of rotatable bonds is 3. The van der Waals surface area contributed by atoms with Crippen molar-refractivity contribution >= 4 is 28.3 Å². The third kappa shape index (κ3) is 3.25. The van der Waals surface area contributed by atoms with E-state index in [4.69, 9.17) is 0 Å². The Morgan fingerprint density at radius 1 is 1.00 bits per heavy atom. The summed E-state index contributed by atoms with van der Waals surface area (Å²) in [5.41, 5.74) is 5.19. The van der Waals surface area contributed by atoms with Crippen LogP contribution in [-0.4, -0.2) is 0 Å². The van der Waals surface area contributed by atoms with Crippen LogP contribution < -0.4 is 5.32 Å². The molecule has 94 valence electrons. The number of benzene rings is 2. The molecule has 2 heteroatoms. The van der Waals surface area contributed by atoms with Crippen molar-refractivity contribution in [3.05, 3.63) is 62.7 Å². The van der Waals surface area contributed by atoms with Crippen LogP contribution in [0.4, 0.5) is 5.69 Å². The van der Waals surface area contributed by atoms with Gasteiger partial charge in [0.05, 0.1) is 0 Å². The van der Waals surface area contributed by atoms with Crippen LogP contribution in [0.25, 0.3) is 0 Å². The molecule has 0 radical (unpaired) electrons. The number of hydrogen-bond acceptors (Lipinski definition) is 1. The van der Waals surface area contributed by atoms with Gasteiger partial charge in [-0.3, -0.25) is 0 Å². The lowest BCUT2D eigenvalue weighted by molar-refractivity contribution is 0.872.